The third-order valence-corrected chi connectivity index (χ3v) is 3.65. The Morgan fingerprint density at radius 2 is 2.44 bits per heavy atom. The standard InChI is InChI=1S/C11H19N3OS/c1-14(5-6-15-2)11-13-10(8-16-11)7-12-9-3-4-9/h8-9,12H,3-7H2,1-2H3. The lowest BCUT2D eigenvalue weighted by atomic mass is 10.5. The Morgan fingerprint density at radius 3 is 3.12 bits per heavy atom. The molecule has 5 heteroatoms. The Morgan fingerprint density at radius 1 is 1.62 bits per heavy atom. The number of methoxy groups -OCH3 is 1. The first-order chi connectivity index (χ1) is 7.79. The van der Waals surface area contributed by atoms with Crippen LogP contribution in [0.2, 0.25) is 0 Å². The van der Waals surface area contributed by atoms with Gasteiger partial charge in [0.1, 0.15) is 0 Å². The molecule has 1 N–H and O–H groups in total. The summed E-state index contributed by atoms with van der Waals surface area (Å²) in [5.41, 5.74) is 1.15. The number of hydrogen-bond donors (Lipinski definition) is 1. The number of hydrogen-bond acceptors (Lipinski definition) is 5. The van der Waals surface area contributed by atoms with Crippen LogP contribution in [0.3, 0.4) is 0 Å². The fraction of sp³-hybridized carbons (Fsp3) is 0.727. The highest BCUT2D eigenvalue weighted by Crippen LogP contribution is 2.22. The predicted molar refractivity (Wildman–Crippen MR) is 67.1 cm³/mol. The van der Waals surface area contributed by atoms with Crippen LogP contribution in [0.4, 0.5) is 5.13 Å². The molecule has 0 amide bonds. The van der Waals surface area contributed by atoms with Gasteiger partial charge < -0.3 is 15.0 Å². The van der Waals surface area contributed by atoms with Crippen molar-refractivity contribution >= 4 is 16.5 Å². The number of likely N-dealkylation sites (N-methyl/N-ethyl adjacent to an activating group) is 1. The number of rotatable bonds is 7. The molecule has 0 bridgehead atoms. The minimum atomic E-state index is 0.742. The van der Waals surface area contributed by atoms with Crippen LogP contribution in [0.1, 0.15) is 18.5 Å². The van der Waals surface area contributed by atoms with E-state index in [1.165, 1.54) is 12.8 Å². The predicted octanol–water partition coefficient (Wildman–Crippen LogP) is 1.48. The van der Waals surface area contributed by atoms with Crippen LogP contribution in [0.25, 0.3) is 0 Å². The summed E-state index contributed by atoms with van der Waals surface area (Å²) < 4.78 is 5.05. The number of aromatic nitrogens is 1. The van der Waals surface area contributed by atoms with E-state index in [-0.39, 0.29) is 0 Å². The molecule has 0 unspecified atom stereocenters. The molecular weight excluding hydrogens is 222 g/mol. The Balaban J connectivity index is 1.80. The van der Waals surface area contributed by atoms with Crippen LogP contribution in [-0.2, 0) is 11.3 Å². The monoisotopic (exact) mass is 241 g/mol. The molecule has 1 aromatic rings. The molecule has 0 radical (unpaired) electrons. The van der Waals surface area contributed by atoms with Crippen molar-refractivity contribution in [3.05, 3.63) is 11.1 Å². The second-order valence-electron chi connectivity index (χ2n) is 4.19. The largest absolute Gasteiger partial charge is 0.383 e. The number of thiazole rings is 1. The summed E-state index contributed by atoms with van der Waals surface area (Å²) in [5, 5.41) is 6.68. The zero-order chi connectivity index (χ0) is 11.4. The van der Waals surface area contributed by atoms with Crippen LogP contribution in [0.15, 0.2) is 5.38 Å². The third-order valence-electron chi connectivity index (χ3n) is 2.65. The van der Waals surface area contributed by atoms with Gasteiger partial charge in [-0.15, -0.1) is 11.3 Å². The van der Waals surface area contributed by atoms with Gasteiger partial charge in [-0.1, -0.05) is 0 Å². The summed E-state index contributed by atoms with van der Waals surface area (Å²) in [6.45, 7) is 2.53. The molecular formula is C11H19N3OS. The molecule has 1 fully saturated rings. The second-order valence-corrected chi connectivity index (χ2v) is 5.03. The maximum atomic E-state index is 5.05. The summed E-state index contributed by atoms with van der Waals surface area (Å²) in [6.07, 6.45) is 2.65. The van der Waals surface area contributed by atoms with Gasteiger partial charge in [0.2, 0.25) is 0 Å². The molecule has 0 spiro atoms. The fourth-order valence-corrected chi connectivity index (χ4v) is 2.23. The molecule has 1 heterocycles. The van der Waals surface area contributed by atoms with Crippen molar-refractivity contribution in [1.82, 2.24) is 10.3 Å². The van der Waals surface area contributed by atoms with Gasteiger partial charge in [0.05, 0.1) is 12.3 Å². The van der Waals surface area contributed by atoms with Crippen LogP contribution in [0, 0.1) is 0 Å². The van der Waals surface area contributed by atoms with E-state index in [0.717, 1.165) is 36.6 Å². The van der Waals surface area contributed by atoms with Crippen LogP contribution in [-0.4, -0.2) is 38.3 Å². The topological polar surface area (TPSA) is 37.4 Å². The highest BCUT2D eigenvalue weighted by molar-refractivity contribution is 7.13. The van der Waals surface area contributed by atoms with Gasteiger partial charge in [-0.05, 0) is 12.8 Å². The highest BCUT2D eigenvalue weighted by Gasteiger charge is 2.20. The zero-order valence-corrected chi connectivity index (χ0v) is 10.7. The van der Waals surface area contributed by atoms with E-state index in [1.54, 1.807) is 18.4 Å². The van der Waals surface area contributed by atoms with Crippen LogP contribution in [0.5, 0.6) is 0 Å². The molecule has 0 saturated heterocycles. The van der Waals surface area contributed by atoms with Gasteiger partial charge in [-0.25, -0.2) is 4.98 Å². The average molecular weight is 241 g/mol. The molecule has 1 aliphatic carbocycles. The van der Waals surface area contributed by atoms with Crippen molar-refractivity contribution in [1.29, 1.82) is 0 Å². The van der Waals surface area contributed by atoms with Gasteiger partial charge in [-0.3, -0.25) is 0 Å². The zero-order valence-electron chi connectivity index (χ0n) is 9.90. The van der Waals surface area contributed by atoms with Crippen molar-refractivity contribution in [2.75, 3.05) is 32.2 Å². The first-order valence-electron chi connectivity index (χ1n) is 5.67. The molecule has 16 heavy (non-hydrogen) atoms. The second kappa shape index (κ2) is 5.61. The lowest BCUT2D eigenvalue weighted by Crippen LogP contribution is -2.22. The van der Waals surface area contributed by atoms with Crippen molar-refractivity contribution < 1.29 is 4.74 Å². The van der Waals surface area contributed by atoms with Crippen LogP contribution >= 0.6 is 11.3 Å². The molecule has 1 aromatic heterocycles. The Kier molecular flexibility index (Phi) is 4.15. The average Bonchev–Trinajstić information content (AvgIpc) is 3.00. The smallest absolute Gasteiger partial charge is 0.185 e. The van der Waals surface area contributed by atoms with E-state index < -0.39 is 0 Å². The van der Waals surface area contributed by atoms with Crippen molar-refractivity contribution in [2.24, 2.45) is 0 Å². The normalized spacial score (nSPS) is 15.4. The number of ether oxygens (including phenoxy) is 1. The minimum Gasteiger partial charge on any atom is -0.383 e. The first kappa shape index (κ1) is 11.8. The molecule has 2 rings (SSSR count). The molecule has 90 valence electrons. The summed E-state index contributed by atoms with van der Waals surface area (Å²) in [4.78, 5) is 6.72. The van der Waals surface area contributed by atoms with Crippen LogP contribution < -0.4 is 10.2 Å². The lowest BCUT2D eigenvalue weighted by Gasteiger charge is -2.14. The van der Waals surface area contributed by atoms with E-state index in [9.17, 15) is 0 Å². The van der Waals surface area contributed by atoms with Gasteiger partial charge in [0, 0.05) is 38.7 Å². The molecule has 0 atom stereocenters. The lowest BCUT2D eigenvalue weighted by molar-refractivity contribution is 0.206. The van der Waals surface area contributed by atoms with Crippen molar-refractivity contribution in [2.45, 2.75) is 25.4 Å². The molecule has 1 saturated carbocycles. The first-order valence-corrected chi connectivity index (χ1v) is 6.55. The Bertz CT molecular complexity index is 325. The molecule has 4 nitrogen and oxygen atoms in total. The highest BCUT2D eigenvalue weighted by atomic mass is 32.1. The van der Waals surface area contributed by atoms with E-state index >= 15 is 0 Å². The van der Waals surface area contributed by atoms with Crippen molar-refractivity contribution in [3.63, 3.8) is 0 Å². The Labute approximate surface area is 101 Å². The number of anilines is 1. The maximum Gasteiger partial charge on any atom is 0.185 e. The quantitative estimate of drug-likeness (QED) is 0.784. The summed E-state index contributed by atoms with van der Waals surface area (Å²) in [6, 6.07) is 0.747. The molecule has 1 aliphatic rings. The van der Waals surface area contributed by atoms with E-state index in [2.05, 4.69) is 27.6 Å². The van der Waals surface area contributed by atoms with Crippen molar-refractivity contribution in [3.8, 4) is 0 Å². The van der Waals surface area contributed by atoms with Gasteiger partial charge in [0.15, 0.2) is 5.13 Å². The van der Waals surface area contributed by atoms with E-state index in [0.29, 0.717) is 0 Å². The fourth-order valence-electron chi connectivity index (χ4n) is 1.41. The van der Waals surface area contributed by atoms with Gasteiger partial charge in [0.25, 0.3) is 0 Å². The minimum absolute atomic E-state index is 0.742. The third kappa shape index (κ3) is 3.43. The summed E-state index contributed by atoms with van der Waals surface area (Å²) in [7, 11) is 3.77. The summed E-state index contributed by atoms with van der Waals surface area (Å²) >= 11 is 1.70. The number of nitrogens with one attached hydrogen (secondary N) is 1. The molecule has 0 aromatic carbocycles. The Hall–Kier alpha value is -0.650. The number of nitrogens with zero attached hydrogens (tertiary/aromatic N) is 2. The SMILES string of the molecule is COCCN(C)c1nc(CNC2CC2)cs1. The van der Waals surface area contributed by atoms with E-state index in [1.807, 2.05) is 0 Å². The summed E-state index contributed by atoms with van der Waals surface area (Å²) in [5.74, 6) is 0. The maximum absolute atomic E-state index is 5.05. The molecule has 0 aliphatic heterocycles. The van der Waals surface area contributed by atoms with Gasteiger partial charge >= 0.3 is 0 Å². The van der Waals surface area contributed by atoms with Gasteiger partial charge in [-0.2, -0.15) is 0 Å². The van der Waals surface area contributed by atoms with E-state index in [4.69, 9.17) is 4.74 Å².